The average Bonchev–Trinajstić information content (AvgIpc) is 1.74. The highest BCUT2D eigenvalue weighted by Gasteiger charge is 2.42. The van der Waals surface area contributed by atoms with Crippen LogP contribution in [-0.4, -0.2) is 198 Å². The summed E-state index contributed by atoms with van der Waals surface area (Å²) in [6.45, 7) is 3.86. The van der Waals surface area contributed by atoms with E-state index in [4.69, 9.17) is 40.1 Å². The molecular weight excluding hydrogens is 1250 g/mol. The van der Waals surface area contributed by atoms with Gasteiger partial charge in [0.2, 0.25) is 76.8 Å². The number of amides is 13. The Labute approximate surface area is 558 Å². The molecule has 0 radical (unpaired) electrons. The van der Waals surface area contributed by atoms with E-state index in [2.05, 4.69) is 47.5 Å². The molecule has 2 fully saturated rings. The van der Waals surface area contributed by atoms with E-state index in [9.17, 15) is 62.3 Å². The number of guanidine groups is 1. The highest BCUT2D eigenvalue weighted by atomic mass is 32.2. The summed E-state index contributed by atoms with van der Waals surface area (Å²) in [6, 6.07) is 4.51. The number of likely N-dealkylation sites (tertiary alicyclic amines) is 2. The molecule has 2 aromatic rings. The van der Waals surface area contributed by atoms with Gasteiger partial charge in [0.25, 0.3) is 0 Å². The highest BCUT2D eigenvalue weighted by molar-refractivity contribution is 7.98. The first kappa shape index (κ1) is 78.5. The second-order valence-corrected chi connectivity index (χ2v) is 25.1. The molecule has 0 saturated carbocycles. The van der Waals surface area contributed by atoms with Crippen molar-refractivity contribution in [1.29, 1.82) is 0 Å². The summed E-state index contributed by atoms with van der Waals surface area (Å²) in [4.78, 5) is 185. The van der Waals surface area contributed by atoms with Crippen LogP contribution in [0.5, 0.6) is 0 Å². The number of unbranched alkanes of at least 4 members (excludes halogenated alkanes) is 1. The highest BCUT2D eigenvalue weighted by Crippen LogP contribution is 2.24. The van der Waals surface area contributed by atoms with Crippen LogP contribution in [0, 0.1) is 5.92 Å². The minimum Gasteiger partial charge on any atom is -0.370 e. The van der Waals surface area contributed by atoms with E-state index >= 15 is 0 Å². The van der Waals surface area contributed by atoms with Gasteiger partial charge in [-0.05, 0) is 119 Å². The van der Waals surface area contributed by atoms with Crippen LogP contribution in [0.3, 0.4) is 0 Å². The Balaban J connectivity index is 1.56. The molecule has 0 bridgehead atoms. The second-order valence-electron chi connectivity index (χ2n) is 24.1. The number of thioether (sulfide) groups is 1. The van der Waals surface area contributed by atoms with E-state index in [-0.39, 0.29) is 83.0 Å². The topological polar surface area (TPSA) is 519 Å². The predicted octanol–water partition coefficient (Wildman–Crippen LogP) is -3.71. The summed E-state index contributed by atoms with van der Waals surface area (Å²) in [5, 5.41) is 21.1. The van der Waals surface area contributed by atoms with Crippen LogP contribution in [0.25, 0.3) is 0 Å². The molecule has 2 heterocycles. The zero-order valence-corrected chi connectivity index (χ0v) is 55.3. The number of rotatable bonds is 42. The fourth-order valence-corrected chi connectivity index (χ4v) is 11.5. The summed E-state index contributed by atoms with van der Waals surface area (Å²) in [5.41, 5.74) is 40.6. The molecule has 0 unspecified atom stereocenters. The van der Waals surface area contributed by atoms with Gasteiger partial charge in [-0.15, -0.1) is 0 Å². The van der Waals surface area contributed by atoms with E-state index in [1.54, 1.807) is 60.7 Å². The van der Waals surface area contributed by atoms with Crippen LogP contribution in [0.2, 0.25) is 0 Å². The number of carbonyl (C=O) groups excluding carboxylic acids is 13. The Morgan fingerprint density at radius 3 is 1.51 bits per heavy atom. The first-order chi connectivity index (χ1) is 45.2. The van der Waals surface area contributed by atoms with Crippen LogP contribution in [0.1, 0.15) is 121 Å². The van der Waals surface area contributed by atoms with Crippen molar-refractivity contribution >= 4 is 94.5 Å². The maximum absolute atomic E-state index is 14.7. The minimum absolute atomic E-state index is 0.0736. The normalized spacial score (nSPS) is 16.8. The van der Waals surface area contributed by atoms with Gasteiger partial charge in [-0.25, -0.2) is 0 Å². The molecular formula is C63H98N18O13S. The third-order valence-electron chi connectivity index (χ3n) is 16.0. The molecule has 95 heavy (non-hydrogen) atoms. The number of carbonyl (C=O) groups is 13. The molecule has 2 aromatic carbocycles. The molecule has 0 aliphatic carbocycles. The molecule has 2 aliphatic rings. The van der Waals surface area contributed by atoms with Crippen LogP contribution in [-0.2, 0) is 75.2 Å². The molecule has 4 rings (SSSR count). The number of hydrogen-bond donors (Lipinski definition) is 15. The third kappa shape index (κ3) is 27.5. The van der Waals surface area contributed by atoms with Gasteiger partial charge in [-0.1, -0.05) is 74.5 Å². The van der Waals surface area contributed by atoms with Gasteiger partial charge >= 0.3 is 0 Å². The van der Waals surface area contributed by atoms with Crippen molar-refractivity contribution in [3.05, 3.63) is 71.8 Å². The Morgan fingerprint density at radius 2 is 1.01 bits per heavy atom. The number of nitrogens with one attached hydrogen (secondary N) is 8. The lowest BCUT2D eigenvalue weighted by atomic mass is 10.0. The van der Waals surface area contributed by atoms with Crippen LogP contribution >= 0.6 is 11.8 Å². The molecule has 524 valence electrons. The number of nitrogens with zero attached hydrogens (tertiary/aromatic N) is 3. The summed E-state index contributed by atoms with van der Waals surface area (Å²) < 4.78 is 0. The zero-order valence-electron chi connectivity index (χ0n) is 54.5. The Morgan fingerprint density at radius 1 is 0.537 bits per heavy atom. The Hall–Kier alpha value is -8.91. The van der Waals surface area contributed by atoms with Crippen molar-refractivity contribution in [3.63, 3.8) is 0 Å². The Bertz CT molecular complexity index is 2960. The number of hydrogen-bond acceptors (Lipinski definition) is 17. The summed E-state index contributed by atoms with van der Waals surface area (Å²) in [6.07, 6.45) is 3.12. The lowest BCUT2D eigenvalue weighted by Crippen LogP contribution is -2.60. The van der Waals surface area contributed by atoms with E-state index in [0.717, 1.165) is 0 Å². The summed E-state index contributed by atoms with van der Waals surface area (Å²) >= 11 is 1.45. The van der Waals surface area contributed by atoms with Crippen molar-refractivity contribution in [3.8, 4) is 0 Å². The maximum Gasteiger partial charge on any atom is 0.245 e. The van der Waals surface area contributed by atoms with E-state index in [1.807, 2.05) is 20.1 Å². The molecule has 2 saturated heterocycles. The van der Waals surface area contributed by atoms with E-state index < -0.39 is 169 Å². The monoisotopic (exact) mass is 1350 g/mol. The van der Waals surface area contributed by atoms with E-state index in [1.165, 1.54) is 21.6 Å². The van der Waals surface area contributed by atoms with Crippen molar-refractivity contribution in [2.45, 2.75) is 183 Å². The molecule has 0 spiro atoms. The average molecular weight is 1350 g/mol. The van der Waals surface area contributed by atoms with Gasteiger partial charge in [0.1, 0.15) is 54.4 Å². The van der Waals surface area contributed by atoms with Gasteiger partial charge < -0.3 is 92.5 Å². The maximum atomic E-state index is 14.7. The fraction of sp³-hybridized carbons (Fsp3) is 0.587. The smallest absolute Gasteiger partial charge is 0.245 e. The van der Waals surface area contributed by atoms with Crippen molar-refractivity contribution in [2.75, 3.05) is 44.7 Å². The molecule has 10 atom stereocenters. The van der Waals surface area contributed by atoms with Crippen molar-refractivity contribution in [1.82, 2.24) is 52.3 Å². The fourth-order valence-electron chi connectivity index (χ4n) is 11.0. The standard InChI is InChI=1S/C63H98N18O13S/c1-37(2)33-45(57(89)74-41(53(68)85)27-32-95-3)73-52(84)36-72-54(86)46(34-38-15-6-4-7-16-38)78-58(90)47(35-39-17-8-5-9-18-39)79-56(88)42(23-25-50(66)82)75-55(87)43(24-26-51(67)83)76-59(91)49-22-14-31-81(49)62(94)44(20-10-11-28-64)77-60(92)48-21-13-30-80(48)61(93)40(65)19-12-29-71-63(69)70/h4-9,15-18,37,40-49H,10-14,19-36,64-65H2,1-3H3,(H2,66,82)(H2,67,83)(H2,68,85)(H,72,86)(H,73,84)(H,74,89)(H,75,87)(H,76,91)(H,77,92)(H,78,90)(H,79,88)(H4,69,70,71)/t40-,41+,42+,43-,44+,45+,46-,47+,48-,49+/m1/s1. The lowest BCUT2D eigenvalue weighted by molar-refractivity contribution is -0.144. The van der Waals surface area contributed by atoms with Crippen molar-refractivity contribution < 1.29 is 62.3 Å². The number of primary amides is 3. The first-order valence-corrected chi connectivity index (χ1v) is 33.6. The quantitative estimate of drug-likeness (QED) is 0.0173. The van der Waals surface area contributed by atoms with Crippen LogP contribution < -0.4 is 82.7 Å². The second kappa shape index (κ2) is 41.0. The number of aliphatic imine (C=N–C) groups is 1. The minimum atomic E-state index is -1.64. The zero-order chi connectivity index (χ0) is 70.1. The molecule has 13 amide bonds. The molecule has 31 nitrogen and oxygen atoms in total. The third-order valence-corrected chi connectivity index (χ3v) is 16.7. The Kier molecular flexibility index (Phi) is 33.9. The number of nitrogens with two attached hydrogens (primary N) is 7. The largest absolute Gasteiger partial charge is 0.370 e. The SMILES string of the molecule is CSCC[C@H](NC(=O)[C@H](CC(C)C)NC(=O)CNC(=O)[C@@H](Cc1ccccc1)NC(=O)[C@H](Cc1ccccc1)NC(=O)[C@H](CCC(N)=O)NC(=O)[C@@H](CCC(N)=O)NC(=O)[C@@H]1CCCN1C(=O)[C@H](CCCCN)NC(=O)[C@H]1CCCN1C(=O)[C@H](N)CCCN=C(N)N)C(N)=O. The first-order valence-electron chi connectivity index (χ1n) is 32.2. The molecule has 0 aromatic heterocycles. The van der Waals surface area contributed by atoms with Gasteiger partial charge in [0, 0.05) is 45.3 Å². The van der Waals surface area contributed by atoms with Gasteiger partial charge in [0.15, 0.2) is 5.96 Å². The lowest BCUT2D eigenvalue weighted by Gasteiger charge is -2.32. The van der Waals surface area contributed by atoms with Gasteiger partial charge in [-0.3, -0.25) is 67.3 Å². The van der Waals surface area contributed by atoms with Gasteiger partial charge in [0.05, 0.1) is 12.6 Å². The number of benzene rings is 2. The molecule has 2 aliphatic heterocycles. The molecule has 32 heteroatoms. The van der Waals surface area contributed by atoms with Crippen molar-refractivity contribution in [2.24, 2.45) is 51.0 Å². The predicted molar refractivity (Wildman–Crippen MR) is 356 cm³/mol. The molecule has 22 N–H and O–H groups in total. The van der Waals surface area contributed by atoms with Crippen LogP contribution in [0.15, 0.2) is 65.7 Å². The van der Waals surface area contributed by atoms with Gasteiger partial charge in [-0.2, -0.15) is 11.8 Å². The summed E-state index contributed by atoms with van der Waals surface area (Å²) in [7, 11) is 0. The summed E-state index contributed by atoms with van der Waals surface area (Å²) in [5.74, 6) is -9.80. The van der Waals surface area contributed by atoms with Crippen LogP contribution in [0.4, 0.5) is 0 Å². The van der Waals surface area contributed by atoms with E-state index in [0.29, 0.717) is 55.4 Å².